The summed E-state index contributed by atoms with van der Waals surface area (Å²) in [4.78, 5) is 12.8. The molecule has 1 aromatic heterocycles. The summed E-state index contributed by atoms with van der Waals surface area (Å²) in [5, 5.41) is 4.36. The van der Waals surface area contributed by atoms with Crippen molar-refractivity contribution in [2.45, 2.75) is 45.1 Å². The van der Waals surface area contributed by atoms with Gasteiger partial charge in [-0.25, -0.2) is 4.79 Å². The Morgan fingerprint density at radius 2 is 2.17 bits per heavy atom. The molecule has 0 amide bonds. The van der Waals surface area contributed by atoms with E-state index in [0.29, 0.717) is 16.6 Å². The first-order valence-electron chi connectivity index (χ1n) is 8.30. The van der Waals surface area contributed by atoms with Crippen molar-refractivity contribution >= 4 is 17.6 Å². The van der Waals surface area contributed by atoms with Gasteiger partial charge in [-0.05, 0) is 36.8 Å². The quantitative estimate of drug-likeness (QED) is 0.761. The molecule has 24 heavy (non-hydrogen) atoms. The molecule has 2 aromatic rings. The molecule has 0 radical (unpaired) electrons. The minimum Gasteiger partial charge on any atom is -0.450 e. The van der Waals surface area contributed by atoms with Gasteiger partial charge >= 0.3 is 5.97 Å². The normalized spacial score (nSPS) is 26.5. The van der Waals surface area contributed by atoms with Crippen molar-refractivity contribution in [3.05, 3.63) is 51.8 Å². The first-order chi connectivity index (χ1) is 11.3. The average molecular weight is 345 g/mol. The van der Waals surface area contributed by atoms with Gasteiger partial charge in [0, 0.05) is 12.5 Å². The van der Waals surface area contributed by atoms with E-state index >= 15 is 0 Å². The number of hydrogen-bond donors (Lipinski definition) is 0. The van der Waals surface area contributed by atoms with Crippen LogP contribution in [0.5, 0.6) is 0 Å². The molecule has 1 heterocycles. The molecule has 2 aliphatic carbocycles. The van der Waals surface area contributed by atoms with E-state index in [-0.39, 0.29) is 5.41 Å². The maximum Gasteiger partial charge on any atom is 0.343 e. The van der Waals surface area contributed by atoms with Crippen molar-refractivity contribution in [2.75, 3.05) is 0 Å². The topological polar surface area (TPSA) is 44.1 Å². The van der Waals surface area contributed by atoms with E-state index in [0.717, 1.165) is 18.4 Å². The number of ether oxygens (including phenoxy) is 1. The van der Waals surface area contributed by atoms with Crippen LogP contribution in [0, 0.1) is 12.3 Å². The predicted molar refractivity (Wildman–Crippen MR) is 92.2 cm³/mol. The number of aryl methyl sites for hydroxylation is 2. The Bertz CT molecular complexity index is 855. The van der Waals surface area contributed by atoms with E-state index in [2.05, 4.69) is 44.1 Å². The molecule has 0 aliphatic heterocycles. The molecule has 4 rings (SSSR count). The third-order valence-electron chi connectivity index (χ3n) is 6.07. The van der Waals surface area contributed by atoms with E-state index in [1.54, 1.807) is 7.05 Å². The van der Waals surface area contributed by atoms with Crippen LogP contribution in [0.1, 0.15) is 59.7 Å². The Balaban J connectivity index is 1.79. The average Bonchev–Trinajstić information content (AvgIpc) is 3.04. The van der Waals surface area contributed by atoms with Crippen molar-refractivity contribution < 1.29 is 9.53 Å². The smallest absolute Gasteiger partial charge is 0.343 e. The first-order valence-corrected chi connectivity index (χ1v) is 8.67. The minimum atomic E-state index is -0.586. The fraction of sp³-hybridized carbons (Fsp3) is 0.474. The molecule has 126 valence electrons. The lowest BCUT2D eigenvalue weighted by Crippen LogP contribution is -2.39. The molecule has 0 N–H and O–H groups in total. The fourth-order valence-corrected chi connectivity index (χ4v) is 4.86. The lowest BCUT2D eigenvalue weighted by atomic mass is 9.76. The molecule has 2 atom stereocenters. The molecule has 0 spiro atoms. The summed E-state index contributed by atoms with van der Waals surface area (Å²) in [6.07, 6.45) is 3.37. The summed E-state index contributed by atoms with van der Waals surface area (Å²) < 4.78 is 7.65. The Morgan fingerprint density at radius 3 is 2.83 bits per heavy atom. The highest BCUT2D eigenvalue weighted by Gasteiger charge is 2.64. The highest BCUT2D eigenvalue weighted by atomic mass is 35.5. The maximum absolute atomic E-state index is 12.8. The lowest BCUT2D eigenvalue weighted by molar-refractivity contribution is -0.0682. The molecular formula is C19H21ClN2O2. The Kier molecular flexibility index (Phi) is 3.17. The number of esters is 1. The SMILES string of the molecule is Cc1ccc2c(c1)C1CCC2(OC(=O)c2cnn(C)c2Cl)C1(C)C. The monoisotopic (exact) mass is 344 g/mol. The molecule has 0 saturated heterocycles. The highest BCUT2D eigenvalue weighted by Crippen LogP contribution is 2.68. The molecule has 1 fully saturated rings. The van der Waals surface area contributed by atoms with Gasteiger partial charge in [-0.1, -0.05) is 49.2 Å². The third kappa shape index (κ3) is 1.80. The summed E-state index contributed by atoms with van der Waals surface area (Å²) in [7, 11) is 1.71. The van der Waals surface area contributed by atoms with Crippen LogP contribution in [0.2, 0.25) is 5.15 Å². The number of fused-ring (bicyclic) bond motifs is 5. The number of rotatable bonds is 2. The van der Waals surface area contributed by atoms with Crippen molar-refractivity contribution in [1.82, 2.24) is 9.78 Å². The minimum absolute atomic E-state index is 0.131. The van der Waals surface area contributed by atoms with Crippen molar-refractivity contribution in [2.24, 2.45) is 12.5 Å². The third-order valence-corrected chi connectivity index (χ3v) is 6.52. The van der Waals surface area contributed by atoms with Crippen LogP contribution in [0.3, 0.4) is 0 Å². The largest absolute Gasteiger partial charge is 0.450 e. The predicted octanol–water partition coefficient (Wildman–Crippen LogP) is 4.35. The van der Waals surface area contributed by atoms with E-state index in [1.165, 1.54) is 22.0 Å². The summed E-state index contributed by atoms with van der Waals surface area (Å²) >= 11 is 6.18. The number of halogens is 1. The standard InChI is InChI=1S/C19H21ClN2O2/c1-11-5-6-15-12(9-11)14-7-8-19(15,18(14,2)3)24-17(23)13-10-21-22(4)16(13)20/h5-6,9-10,14H,7-8H2,1-4H3. The number of aromatic nitrogens is 2. The number of benzene rings is 1. The number of carbonyl (C=O) groups excluding carboxylic acids is 1. The van der Waals surface area contributed by atoms with Gasteiger partial charge in [0.05, 0.1) is 6.20 Å². The van der Waals surface area contributed by atoms with Gasteiger partial charge in [0.2, 0.25) is 0 Å². The summed E-state index contributed by atoms with van der Waals surface area (Å²) in [5.74, 6) is 0.0276. The van der Waals surface area contributed by atoms with Gasteiger partial charge in [0.1, 0.15) is 16.3 Å². The van der Waals surface area contributed by atoms with Crippen LogP contribution in [0.4, 0.5) is 0 Å². The zero-order valence-corrected chi connectivity index (χ0v) is 15.1. The van der Waals surface area contributed by atoms with Crippen LogP contribution in [0.15, 0.2) is 24.4 Å². The zero-order valence-electron chi connectivity index (χ0n) is 14.4. The van der Waals surface area contributed by atoms with E-state index < -0.39 is 11.6 Å². The summed E-state index contributed by atoms with van der Waals surface area (Å²) in [5.41, 5.74) is 3.34. The van der Waals surface area contributed by atoms with Gasteiger partial charge in [-0.2, -0.15) is 5.10 Å². The van der Waals surface area contributed by atoms with Crippen molar-refractivity contribution in [1.29, 1.82) is 0 Å². The second kappa shape index (κ2) is 4.85. The van der Waals surface area contributed by atoms with Crippen LogP contribution < -0.4 is 0 Å². The van der Waals surface area contributed by atoms with Crippen LogP contribution in [-0.4, -0.2) is 15.7 Å². The molecular weight excluding hydrogens is 324 g/mol. The Hall–Kier alpha value is -1.81. The number of carbonyl (C=O) groups is 1. The molecule has 2 bridgehead atoms. The summed E-state index contributed by atoms with van der Waals surface area (Å²) in [6, 6.07) is 6.47. The molecule has 1 aromatic carbocycles. The second-order valence-corrected chi connectivity index (χ2v) is 7.95. The van der Waals surface area contributed by atoms with Gasteiger partial charge in [-0.3, -0.25) is 4.68 Å². The molecule has 5 heteroatoms. The highest BCUT2D eigenvalue weighted by molar-refractivity contribution is 6.32. The van der Waals surface area contributed by atoms with Crippen LogP contribution >= 0.6 is 11.6 Å². The van der Waals surface area contributed by atoms with Gasteiger partial charge < -0.3 is 4.74 Å². The second-order valence-electron chi connectivity index (χ2n) is 7.59. The van der Waals surface area contributed by atoms with Crippen molar-refractivity contribution in [3.63, 3.8) is 0 Å². The Morgan fingerprint density at radius 1 is 1.42 bits per heavy atom. The molecule has 2 aliphatic rings. The lowest BCUT2D eigenvalue weighted by Gasteiger charge is -2.38. The van der Waals surface area contributed by atoms with E-state index in [1.807, 2.05) is 0 Å². The number of nitrogens with zero attached hydrogens (tertiary/aromatic N) is 2. The van der Waals surface area contributed by atoms with Gasteiger partial charge in [0.15, 0.2) is 0 Å². The molecule has 2 unspecified atom stereocenters. The Labute approximate surface area is 146 Å². The number of hydrogen-bond acceptors (Lipinski definition) is 3. The zero-order chi connectivity index (χ0) is 17.3. The fourth-order valence-electron chi connectivity index (χ4n) is 4.69. The van der Waals surface area contributed by atoms with Gasteiger partial charge in [-0.15, -0.1) is 0 Å². The summed E-state index contributed by atoms with van der Waals surface area (Å²) in [6.45, 7) is 6.52. The van der Waals surface area contributed by atoms with Crippen molar-refractivity contribution in [3.8, 4) is 0 Å². The van der Waals surface area contributed by atoms with E-state index in [4.69, 9.17) is 16.3 Å². The first kappa shape index (κ1) is 15.7. The van der Waals surface area contributed by atoms with Crippen LogP contribution in [0.25, 0.3) is 0 Å². The molecule has 1 saturated carbocycles. The maximum atomic E-state index is 12.8. The molecule has 4 nitrogen and oxygen atoms in total. The van der Waals surface area contributed by atoms with E-state index in [9.17, 15) is 4.79 Å². The van der Waals surface area contributed by atoms with Gasteiger partial charge in [0.25, 0.3) is 0 Å². The van der Waals surface area contributed by atoms with Crippen LogP contribution in [-0.2, 0) is 17.4 Å².